The summed E-state index contributed by atoms with van der Waals surface area (Å²) in [7, 11) is 0. The van der Waals surface area contributed by atoms with Crippen LogP contribution in [0.1, 0.15) is 27.2 Å². The molecular formula is C8H14O. The van der Waals surface area contributed by atoms with Crippen LogP contribution in [0.3, 0.4) is 0 Å². The molecule has 0 N–H and O–H groups in total. The first-order valence-corrected chi connectivity index (χ1v) is 3.54. The molecular weight excluding hydrogens is 112 g/mol. The Morgan fingerprint density at radius 2 is 2.11 bits per heavy atom. The molecule has 0 radical (unpaired) electrons. The number of hydrogen-bond acceptors (Lipinski definition) is 1. The Morgan fingerprint density at radius 1 is 1.44 bits per heavy atom. The van der Waals surface area contributed by atoms with Crippen LogP contribution in [-0.4, -0.2) is 6.61 Å². The van der Waals surface area contributed by atoms with Gasteiger partial charge in [0.15, 0.2) is 0 Å². The molecule has 0 bridgehead atoms. The smallest absolute Gasteiger partial charge is 0.0975 e. The van der Waals surface area contributed by atoms with Gasteiger partial charge in [0.2, 0.25) is 0 Å². The van der Waals surface area contributed by atoms with Crippen LogP contribution in [0.4, 0.5) is 0 Å². The standard InChI is InChI=1S/C8H14O/c1-6(2)8-7(3)4-5-9-8/h6H,4-5H2,1-3H3. The zero-order valence-electron chi connectivity index (χ0n) is 6.40. The maximum atomic E-state index is 5.41. The highest BCUT2D eigenvalue weighted by atomic mass is 16.5. The molecule has 0 spiro atoms. The van der Waals surface area contributed by atoms with Crippen molar-refractivity contribution in [1.29, 1.82) is 0 Å². The van der Waals surface area contributed by atoms with Gasteiger partial charge in [0.25, 0.3) is 0 Å². The van der Waals surface area contributed by atoms with Gasteiger partial charge in [-0.25, -0.2) is 0 Å². The fraction of sp³-hybridized carbons (Fsp3) is 0.750. The van der Waals surface area contributed by atoms with Crippen molar-refractivity contribution in [2.75, 3.05) is 6.61 Å². The van der Waals surface area contributed by atoms with E-state index in [-0.39, 0.29) is 0 Å². The Bertz CT molecular complexity index is 134. The fourth-order valence-electron chi connectivity index (χ4n) is 1.22. The summed E-state index contributed by atoms with van der Waals surface area (Å²) in [6.07, 6.45) is 1.13. The highest BCUT2D eigenvalue weighted by Crippen LogP contribution is 2.24. The highest BCUT2D eigenvalue weighted by molar-refractivity contribution is 5.11. The summed E-state index contributed by atoms with van der Waals surface area (Å²) in [6.45, 7) is 7.40. The normalized spacial score (nSPS) is 19.1. The number of rotatable bonds is 1. The highest BCUT2D eigenvalue weighted by Gasteiger charge is 2.14. The van der Waals surface area contributed by atoms with Crippen LogP contribution in [0.5, 0.6) is 0 Å². The third-order valence-electron chi connectivity index (χ3n) is 1.68. The van der Waals surface area contributed by atoms with Crippen molar-refractivity contribution in [3.8, 4) is 0 Å². The van der Waals surface area contributed by atoms with Gasteiger partial charge < -0.3 is 4.74 Å². The molecule has 0 aromatic carbocycles. The quantitative estimate of drug-likeness (QED) is 0.524. The second-order valence-electron chi connectivity index (χ2n) is 2.90. The Labute approximate surface area is 56.7 Å². The van der Waals surface area contributed by atoms with Crippen molar-refractivity contribution in [1.82, 2.24) is 0 Å². The van der Waals surface area contributed by atoms with E-state index in [0.29, 0.717) is 5.92 Å². The Kier molecular flexibility index (Phi) is 1.79. The van der Waals surface area contributed by atoms with E-state index in [1.54, 1.807) is 0 Å². The van der Waals surface area contributed by atoms with Crippen LogP contribution in [-0.2, 0) is 4.74 Å². The summed E-state index contributed by atoms with van der Waals surface area (Å²) in [4.78, 5) is 0. The maximum absolute atomic E-state index is 5.41. The average molecular weight is 126 g/mol. The van der Waals surface area contributed by atoms with E-state index in [2.05, 4.69) is 20.8 Å². The Balaban J connectivity index is 2.66. The van der Waals surface area contributed by atoms with E-state index in [1.807, 2.05) is 0 Å². The van der Waals surface area contributed by atoms with Gasteiger partial charge >= 0.3 is 0 Å². The lowest BCUT2D eigenvalue weighted by atomic mass is 10.1. The van der Waals surface area contributed by atoms with Crippen LogP contribution in [0.15, 0.2) is 11.3 Å². The van der Waals surface area contributed by atoms with Gasteiger partial charge in [0.05, 0.1) is 12.4 Å². The molecule has 0 saturated heterocycles. The maximum Gasteiger partial charge on any atom is 0.0975 e. The molecule has 1 heteroatoms. The molecule has 1 nitrogen and oxygen atoms in total. The third-order valence-corrected chi connectivity index (χ3v) is 1.68. The van der Waals surface area contributed by atoms with Crippen LogP contribution >= 0.6 is 0 Å². The van der Waals surface area contributed by atoms with E-state index in [4.69, 9.17) is 4.74 Å². The van der Waals surface area contributed by atoms with Crippen molar-refractivity contribution in [3.05, 3.63) is 11.3 Å². The SMILES string of the molecule is CC1=C(C(C)C)OCC1. The lowest BCUT2D eigenvalue weighted by molar-refractivity contribution is 0.216. The second-order valence-corrected chi connectivity index (χ2v) is 2.90. The predicted octanol–water partition coefficient (Wildman–Crippen LogP) is 2.34. The van der Waals surface area contributed by atoms with Crippen molar-refractivity contribution >= 4 is 0 Å². The molecule has 0 aromatic rings. The van der Waals surface area contributed by atoms with Crippen molar-refractivity contribution < 1.29 is 4.74 Å². The molecule has 1 heterocycles. The summed E-state index contributed by atoms with van der Waals surface area (Å²) in [6, 6.07) is 0. The molecule has 1 aliphatic rings. The summed E-state index contributed by atoms with van der Waals surface area (Å²) in [5.74, 6) is 1.79. The summed E-state index contributed by atoms with van der Waals surface area (Å²) >= 11 is 0. The molecule has 0 amide bonds. The van der Waals surface area contributed by atoms with E-state index in [1.165, 1.54) is 11.3 Å². The van der Waals surface area contributed by atoms with Gasteiger partial charge in [-0.3, -0.25) is 0 Å². The van der Waals surface area contributed by atoms with Crippen LogP contribution in [0.2, 0.25) is 0 Å². The van der Waals surface area contributed by atoms with E-state index >= 15 is 0 Å². The van der Waals surface area contributed by atoms with Crippen LogP contribution < -0.4 is 0 Å². The second kappa shape index (κ2) is 2.42. The third kappa shape index (κ3) is 1.26. The Morgan fingerprint density at radius 3 is 2.33 bits per heavy atom. The van der Waals surface area contributed by atoms with Crippen molar-refractivity contribution in [3.63, 3.8) is 0 Å². The molecule has 0 unspecified atom stereocenters. The van der Waals surface area contributed by atoms with E-state index in [0.717, 1.165) is 13.0 Å². The average Bonchev–Trinajstić information content (AvgIpc) is 2.13. The van der Waals surface area contributed by atoms with Crippen molar-refractivity contribution in [2.45, 2.75) is 27.2 Å². The molecule has 52 valence electrons. The van der Waals surface area contributed by atoms with Gasteiger partial charge in [-0.05, 0) is 12.5 Å². The van der Waals surface area contributed by atoms with Crippen molar-refractivity contribution in [2.24, 2.45) is 5.92 Å². The van der Waals surface area contributed by atoms with Gasteiger partial charge in [0, 0.05) is 12.3 Å². The zero-order valence-corrected chi connectivity index (χ0v) is 6.40. The number of ether oxygens (including phenoxy) is 1. The largest absolute Gasteiger partial charge is 0.497 e. The summed E-state index contributed by atoms with van der Waals surface area (Å²) < 4.78 is 5.41. The number of allylic oxidation sites excluding steroid dienone is 1. The van der Waals surface area contributed by atoms with Gasteiger partial charge in [0.1, 0.15) is 0 Å². The van der Waals surface area contributed by atoms with Gasteiger partial charge in [-0.2, -0.15) is 0 Å². The first kappa shape index (κ1) is 6.66. The molecule has 0 atom stereocenters. The molecule has 0 saturated carbocycles. The Hall–Kier alpha value is -0.460. The topological polar surface area (TPSA) is 9.23 Å². The first-order chi connectivity index (χ1) is 4.22. The summed E-state index contributed by atoms with van der Waals surface area (Å²) in [5, 5.41) is 0. The first-order valence-electron chi connectivity index (χ1n) is 3.54. The monoisotopic (exact) mass is 126 g/mol. The van der Waals surface area contributed by atoms with Crippen LogP contribution in [0.25, 0.3) is 0 Å². The lowest BCUT2D eigenvalue weighted by Gasteiger charge is -2.06. The molecule has 0 aliphatic carbocycles. The van der Waals surface area contributed by atoms with Gasteiger partial charge in [-0.1, -0.05) is 13.8 Å². The molecule has 1 rings (SSSR count). The van der Waals surface area contributed by atoms with Crippen LogP contribution in [0, 0.1) is 5.92 Å². The van der Waals surface area contributed by atoms with E-state index < -0.39 is 0 Å². The molecule has 0 aromatic heterocycles. The molecule has 1 aliphatic heterocycles. The molecule has 9 heavy (non-hydrogen) atoms. The minimum Gasteiger partial charge on any atom is -0.497 e. The zero-order chi connectivity index (χ0) is 6.85. The fourth-order valence-corrected chi connectivity index (χ4v) is 1.22. The molecule has 0 fully saturated rings. The minimum atomic E-state index is 0.576. The van der Waals surface area contributed by atoms with E-state index in [9.17, 15) is 0 Å². The van der Waals surface area contributed by atoms with Gasteiger partial charge in [-0.15, -0.1) is 0 Å². The predicted molar refractivity (Wildman–Crippen MR) is 38.1 cm³/mol. The lowest BCUT2D eigenvalue weighted by Crippen LogP contribution is -1.94. The summed E-state index contributed by atoms with van der Waals surface area (Å²) in [5.41, 5.74) is 1.44. The minimum absolute atomic E-state index is 0.576. The number of hydrogen-bond donors (Lipinski definition) is 0.